The lowest BCUT2D eigenvalue weighted by Gasteiger charge is -2.13. The Labute approximate surface area is 134 Å². The fourth-order valence-corrected chi connectivity index (χ4v) is 2.88. The fourth-order valence-electron chi connectivity index (χ4n) is 2.30. The van der Waals surface area contributed by atoms with E-state index in [1.54, 1.807) is 0 Å². The number of thiocyanates is 1. The highest BCUT2D eigenvalue weighted by molar-refractivity contribution is 8.03. The first-order chi connectivity index (χ1) is 10.4. The first kappa shape index (κ1) is 16.4. The van der Waals surface area contributed by atoms with Gasteiger partial charge in [-0.2, -0.15) is 5.26 Å². The lowest BCUT2D eigenvalue weighted by molar-refractivity contribution is -0.148. The number of carbonyl (C=O) groups is 2. The molecule has 22 heavy (non-hydrogen) atoms. The largest absolute Gasteiger partial charge is 0.455 e. The molecule has 0 saturated heterocycles. The summed E-state index contributed by atoms with van der Waals surface area (Å²) in [6.45, 7) is 5.44. The summed E-state index contributed by atoms with van der Waals surface area (Å²) in [5.41, 5.74) is 2.43. The van der Waals surface area contributed by atoms with Crippen LogP contribution in [0.3, 0.4) is 0 Å². The number of thioether (sulfide) groups is 1. The molecule has 5 nitrogen and oxygen atoms in total. The maximum absolute atomic E-state index is 11.9. The summed E-state index contributed by atoms with van der Waals surface area (Å²) in [6.07, 6.45) is 0.844. The van der Waals surface area contributed by atoms with Gasteiger partial charge in [0.2, 0.25) is 0 Å². The number of nitriles is 1. The molecule has 1 aliphatic carbocycles. The van der Waals surface area contributed by atoms with Gasteiger partial charge >= 0.3 is 5.97 Å². The number of hydrogen-bond donors (Lipinski definition) is 1. The molecule has 1 aromatic carbocycles. The van der Waals surface area contributed by atoms with Crippen LogP contribution in [0.1, 0.15) is 24.5 Å². The van der Waals surface area contributed by atoms with Crippen LogP contribution < -0.4 is 5.32 Å². The molecule has 1 aromatic rings. The van der Waals surface area contributed by atoms with E-state index in [-0.39, 0.29) is 24.4 Å². The first-order valence-electron chi connectivity index (χ1n) is 7.06. The van der Waals surface area contributed by atoms with E-state index in [4.69, 9.17) is 10.00 Å². The van der Waals surface area contributed by atoms with Crippen LogP contribution in [0.5, 0.6) is 0 Å². The van der Waals surface area contributed by atoms with Gasteiger partial charge in [0, 0.05) is 10.6 Å². The average molecular weight is 318 g/mol. The van der Waals surface area contributed by atoms with Gasteiger partial charge in [-0.25, -0.2) is 0 Å². The monoisotopic (exact) mass is 318 g/mol. The highest BCUT2D eigenvalue weighted by Gasteiger charge is 2.40. The smallest absolute Gasteiger partial charge is 0.309 e. The van der Waals surface area contributed by atoms with Gasteiger partial charge in [-0.15, -0.1) is 0 Å². The minimum atomic E-state index is -0.353. The van der Waals surface area contributed by atoms with Gasteiger partial charge in [0.1, 0.15) is 5.40 Å². The van der Waals surface area contributed by atoms with Crippen molar-refractivity contribution in [3.8, 4) is 5.40 Å². The Bertz CT molecular complexity index is 628. The molecule has 0 aliphatic heterocycles. The molecule has 2 atom stereocenters. The number of nitrogens with one attached hydrogen (secondary N) is 1. The third-order valence-corrected chi connectivity index (χ3v) is 4.25. The van der Waals surface area contributed by atoms with Gasteiger partial charge in [0.05, 0.1) is 5.92 Å². The summed E-state index contributed by atoms with van der Waals surface area (Å²) < 4.78 is 5.01. The van der Waals surface area contributed by atoms with Crippen molar-refractivity contribution in [2.24, 2.45) is 11.8 Å². The zero-order chi connectivity index (χ0) is 16.3. The number of aryl methyl sites for hydroxylation is 2. The summed E-state index contributed by atoms with van der Waals surface area (Å²) in [5.74, 6) is -0.325. The van der Waals surface area contributed by atoms with E-state index in [0.29, 0.717) is 11.6 Å². The number of nitrogens with zero attached hydrogens (tertiary/aromatic N) is 1. The number of amides is 1. The van der Waals surface area contributed by atoms with Crippen molar-refractivity contribution < 1.29 is 14.3 Å². The van der Waals surface area contributed by atoms with Gasteiger partial charge in [0.25, 0.3) is 5.91 Å². The van der Waals surface area contributed by atoms with Gasteiger partial charge < -0.3 is 10.1 Å². The number of anilines is 1. The van der Waals surface area contributed by atoms with Crippen LogP contribution in [0, 0.1) is 36.3 Å². The topological polar surface area (TPSA) is 79.2 Å². The third-order valence-electron chi connectivity index (χ3n) is 3.69. The Morgan fingerprint density at radius 2 is 2.00 bits per heavy atom. The number of hydrogen-bond acceptors (Lipinski definition) is 5. The van der Waals surface area contributed by atoms with Gasteiger partial charge in [0.15, 0.2) is 6.61 Å². The second-order valence-electron chi connectivity index (χ2n) is 5.60. The number of rotatable bonds is 5. The maximum atomic E-state index is 11.9. The van der Waals surface area contributed by atoms with E-state index >= 15 is 0 Å². The lowest BCUT2D eigenvalue weighted by atomic mass is 10.1. The van der Waals surface area contributed by atoms with Crippen molar-refractivity contribution in [3.63, 3.8) is 0 Å². The predicted octanol–water partition coefficient (Wildman–Crippen LogP) is 3.01. The maximum Gasteiger partial charge on any atom is 0.309 e. The highest BCUT2D eigenvalue weighted by Crippen LogP contribution is 2.38. The number of esters is 1. The van der Waals surface area contributed by atoms with Crippen molar-refractivity contribution in [2.75, 3.05) is 11.9 Å². The van der Waals surface area contributed by atoms with Crippen LogP contribution >= 0.6 is 11.8 Å². The van der Waals surface area contributed by atoms with Crippen molar-refractivity contribution in [1.82, 2.24) is 0 Å². The van der Waals surface area contributed by atoms with Crippen LogP contribution in [0.15, 0.2) is 17.0 Å². The molecule has 0 aromatic heterocycles. The number of carbonyl (C=O) groups excluding carboxylic acids is 2. The number of benzene rings is 1. The minimum Gasteiger partial charge on any atom is -0.455 e. The van der Waals surface area contributed by atoms with E-state index < -0.39 is 0 Å². The minimum absolute atomic E-state index is 0.0430. The summed E-state index contributed by atoms with van der Waals surface area (Å²) in [6, 6.07) is 3.68. The molecular formula is C16H18N2O3S. The van der Waals surface area contributed by atoms with Crippen LogP contribution in [-0.4, -0.2) is 18.5 Å². The molecule has 1 saturated carbocycles. The quantitative estimate of drug-likeness (QED) is 0.513. The molecule has 116 valence electrons. The standard InChI is InChI=1S/C16H18N2O3S/c1-9-6-13(9)16(20)21-7-14(19)18-15-10(2)4-12(22-8-17)5-11(15)3/h4-5,9,13H,6-7H2,1-3H3,(H,18,19)/t9-,13-/m0/s1. The molecule has 1 aliphatic rings. The van der Waals surface area contributed by atoms with Crippen LogP contribution in [0.25, 0.3) is 0 Å². The zero-order valence-electron chi connectivity index (χ0n) is 12.8. The summed E-state index contributed by atoms with van der Waals surface area (Å²) in [5, 5.41) is 13.5. The van der Waals surface area contributed by atoms with Gasteiger partial charge in [-0.05, 0) is 61.2 Å². The Morgan fingerprint density at radius 3 is 2.50 bits per heavy atom. The molecule has 1 fully saturated rings. The summed E-state index contributed by atoms with van der Waals surface area (Å²) in [4.78, 5) is 24.3. The Morgan fingerprint density at radius 1 is 1.41 bits per heavy atom. The zero-order valence-corrected chi connectivity index (χ0v) is 13.6. The summed E-state index contributed by atoms with van der Waals surface area (Å²) in [7, 11) is 0. The van der Waals surface area contributed by atoms with E-state index in [2.05, 4.69) is 5.32 Å². The van der Waals surface area contributed by atoms with E-state index in [1.807, 2.05) is 38.3 Å². The molecule has 1 amide bonds. The Hall–Kier alpha value is -2.00. The first-order valence-corrected chi connectivity index (χ1v) is 7.87. The SMILES string of the molecule is Cc1cc(SC#N)cc(C)c1NC(=O)COC(=O)[C@H]1C[C@@H]1C. The second-order valence-corrected chi connectivity index (χ2v) is 6.46. The van der Waals surface area contributed by atoms with Crippen molar-refractivity contribution in [3.05, 3.63) is 23.3 Å². The molecular weight excluding hydrogens is 300 g/mol. The van der Waals surface area contributed by atoms with E-state index in [1.165, 1.54) is 0 Å². The highest BCUT2D eigenvalue weighted by atomic mass is 32.2. The third kappa shape index (κ3) is 4.01. The molecule has 0 unspecified atom stereocenters. The van der Waals surface area contributed by atoms with Crippen molar-refractivity contribution in [2.45, 2.75) is 32.1 Å². The molecule has 2 rings (SSSR count). The van der Waals surface area contributed by atoms with Gasteiger partial charge in [-0.1, -0.05) is 6.92 Å². The lowest BCUT2D eigenvalue weighted by Crippen LogP contribution is -2.22. The van der Waals surface area contributed by atoms with Crippen molar-refractivity contribution >= 4 is 29.3 Å². The molecule has 0 bridgehead atoms. The van der Waals surface area contributed by atoms with Crippen molar-refractivity contribution in [1.29, 1.82) is 5.26 Å². The van der Waals surface area contributed by atoms with E-state index in [9.17, 15) is 9.59 Å². The normalized spacial score (nSPS) is 19.2. The van der Waals surface area contributed by atoms with E-state index in [0.717, 1.165) is 34.2 Å². The second kappa shape index (κ2) is 6.84. The Kier molecular flexibility index (Phi) is 5.09. The summed E-state index contributed by atoms with van der Waals surface area (Å²) >= 11 is 1.08. The molecule has 0 radical (unpaired) electrons. The predicted molar refractivity (Wildman–Crippen MR) is 84.2 cm³/mol. The molecule has 1 N–H and O–H groups in total. The van der Waals surface area contributed by atoms with Crippen LogP contribution in [0.4, 0.5) is 5.69 Å². The van der Waals surface area contributed by atoms with Crippen LogP contribution in [-0.2, 0) is 14.3 Å². The van der Waals surface area contributed by atoms with Crippen LogP contribution in [0.2, 0.25) is 0 Å². The molecule has 0 spiro atoms. The molecule has 6 heteroatoms. The number of ether oxygens (including phenoxy) is 1. The average Bonchev–Trinajstić information content (AvgIpc) is 3.18. The Balaban J connectivity index is 1.94. The molecule has 0 heterocycles. The van der Waals surface area contributed by atoms with Gasteiger partial charge in [-0.3, -0.25) is 9.59 Å². The fraction of sp³-hybridized carbons (Fsp3) is 0.438.